The Kier molecular flexibility index (Phi) is 12.3. The van der Waals surface area contributed by atoms with Gasteiger partial charge in [-0.3, -0.25) is 4.79 Å². The van der Waals surface area contributed by atoms with Gasteiger partial charge in [0.15, 0.2) is 0 Å². The van der Waals surface area contributed by atoms with Crippen LogP contribution >= 0.6 is 0 Å². The zero-order valence-electron chi connectivity index (χ0n) is 27.9. The molecule has 0 saturated heterocycles. The first-order chi connectivity index (χ1) is 22.7. The molecule has 3 aromatic rings. The average Bonchev–Trinajstić information content (AvgIpc) is 2.98. The van der Waals surface area contributed by atoms with E-state index in [-0.39, 0.29) is 11.8 Å². The quantitative estimate of drug-likeness (QED) is 0.0998. The molecule has 7 nitrogen and oxygen atoms in total. The number of esters is 1. The number of halogens is 6. The molecule has 0 saturated carbocycles. The first-order valence-electron chi connectivity index (χ1n) is 15.4. The van der Waals surface area contributed by atoms with Crippen molar-refractivity contribution < 1.29 is 45.4 Å². The summed E-state index contributed by atoms with van der Waals surface area (Å²) in [5.74, 6) is -1.87. The number of hydrogen-bond acceptors (Lipinski definition) is 6. The van der Waals surface area contributed by atoms with E-state index in [0.29, 0.717) is 47.0 Å². The van der Waals surface area contributed by atoms with E-state index in [4.69, 9.17) is 10.1 Å². The number of hydrogen-bond donors (Lipinski definition) is 3. The maximum Gasteiger partial charge on any atom is 0.573 e. The smallest absolute Gasteiger partial charge is 0.456 e. The molecule has 0 aromatic heterocycles. The summed E-state index contributed by atoms with van der Waals surface area (Å²) >= 11 is 0. The van der Waals surface area contributed by atoms with Gasteiger partial charge >= 0.3 is 18.5 Å². The van der Waals surface area contributed by atoms with Crippen LogP contribution in [0, 0.1) is 19.3 Å². The highest BCUT2D eigenvalue weighted by Crippen LogP contribution is 2.37. The molecule has 0 aliphatic heterocycles. The zero-order chi connectivity index (χ0) is 36.7. The van der Waals surface area contributed by atoms with Crippen molar-refractivity contribution in [1.82, 2.24) is 5.32 Å². The van der Waals surface area contributed by atoms with Crippen LogP contribution in [0.25, 0.3) is 0 Å². The Morgan fingerprint density at radius 1 is 0.857 bits per heavy atom. The number of allylic oxidation sites excluding steroid dienone is 1. The minimum Gasteiger partial charge on any atom is -0.456 e. The lowest BCUT2D eigenvalue weighted by Crippen LogP contribution is -2.33. The summed E-state index contributed by atoms with van der Waals surface area (Å²) in [6.07, 6.45) is -7.54. The van der Waals surface area contributed by atoms with Crippen LogP contribution in [0.1, 0.15) is 95.5 Å². The van der Waals surface area contributed by atoms with Gasteiger partial charge in [-0.25, -0.2) is 4.79 Å². The fraction of sp³-hybridized carbons (Fsp3) is 0.361. The molecule has 3 N–H and O–H groups in total. The molecule has 2 unspecified atom stereocenters. The SMILES string of the molecule is CCCC(c1ccc(C(=O)OC(C)(C)C)cc1)C(NC(=O)c1cc(C)c(N/C=C(\C=N)C(F)(F)F)c(C)c1)c1ccc(OC(F)(F)F)cc1. The molecule has 0 fully saturated rings. The van der Waals surface area contributed by atoms with E-state index in [2.05, 4.69) is 15.4 Å². The first kappa shape index (κ1) is 38.6. The molecular formula is C36H39F6N3O4. The van der Waals surface area contributed by atoms with Gasteiger partial charge in [-0.1, -0.05) is 37.6 Å². The highest BCUT2D eigenvalue weighted by molar-refractivity contribution is 5.96. The van der Waals surface area contributed by atoms with Crippen LogP contribution in [-0.2, 0) is 4.74 Å². The van der Waals surface area contributed by atoms with E-state index in [9.17, 15) is 35.9 Å². The van der Waals surface area contributed by atoms with E-state index in [1.807, 2.05) is 6.92 Å². The van der Waals surface area contributed by atoms with Gasteiger partial charge in [0.25, 0.3) is 5.91 Å². The van der Waals surface area contributed by atoms with Crippen molar-refractivity contribution in [3.63, 3.8) is 0 Å². The predicted molar refractivity (Wildman–Crippen MR) is 175 cm³/mol. The zero-order valence-corrected chi connectivity index (χ0v) is 27.9. The summed E-state index contributed by atoms with van der Waals surface area (Å²) in [6.45, 7) is 10.4. The number of carbonyl (C=O) groups excluding carboxylic acids is 2. The monoisotopic (exact) mass is 691 g/mol. The van der Waals surface area contributed by atoms with Crippen molar-refractivity contribution in [1.29, 1.82) is 5.41 Å². The molecule has 3 rings (SSSR count). The van der Waals surface area contributed by atoms with Gasteiger partial charge in [0.1, 0.15) is 11.4 Å². The molecule has 0 bridgehead atoms. The summed E-state index contributed by atoms with van der Waals surface area (Å²) in [5.41, 5.74) is 1.11. The second kappa shape index (κ2) is 15.6. The molecule has 0 aliphatic rings. The van der Waals surface area contributed by atoms with E-state index >= 15 is 0 Å². The minimum atomic E-state index is -4.89. The highest BCUT2D eigenvalue weighted by atomic mass is 19.4. The van der Waals surface area contributed by atoms with Crippen LogP contribution in [0.15, 0.2) is 72.4 Å². The van der Waals surface area contributed by atoms with Crippen LogP contribution in [0.3, 0.4) is 0 Å². The Bertz CT molecular complexity index is 1640. The number of aryl methyl sites for hydroxylation is 2. The lowest BCUT2D eigenvalue weighted by molar-refractivity contribution is -0.274. The molecule has 3 aromatic carbocycles. The molecule has 0 aliphatic carbocycles. The van der Waals surface area contributed by atoms with E-state index in [0.717, 1.165) is 17.7 Å². The normalized spacial score (nSPS) is 13.7. The van der Waals surface area contributed by atoms with Crippen molar-refractivity contribution in [2.45, 2.75) is 84.5 Å². The first-order valence-corrected chi connectivity index (χ1v) is 15.4. The molecule has 2 atom stereocenters. The third kappa shape index (κ3) is 11.1. The lowest BCUT2D eigenvalue weighted by Gasteiger charge is -2.30. The van der Waals surface area contributed by atoms with E-state index in [1.54, 1.807) is 58.9 Å². The third-order valence-corrected chi connectivity index (χ3v) is 7.38. The predicted octanol–water partition coefficient (Wildman–Crippen LogP) is 9.72. The number of benzene rings is 3. The van der Waals surface area contributed by atoms with Gasteiger partial charge in [0, 0.05) is 29.6 Å². The molecule has 0 radical (unpaired) electrons. The standard InChI is InChI=1S/C36H39F6N3O4/c1-7-8-29(23-9-11-25(12-10-23)33(47)49-34(4,5)6)31(24-13-15-28(16-14-24)48-36(40,41)42)45-32(46)26-17-21(2)30(22(3)18-26)44-20-27(19-43)35(37,38)39/h9-20,29,31,43-44H,7-8H2,1-6H3,(H,45,46)/b27-20+,43-19?. The third-order valence-electron chi connectivity index (χ3n) is 7.38. The fourth-order valence-electron chi connectivity index (χ4n) is 5.24. The Labute approximate surface area is 281 Å². The maximum atomic E-state index is 13.8. The number of rotatable bonds is 12. The van der Waals surface area contributed by atoms with Gasteiger partial charge < -0.3 is 25.5 Å². The molecular weight excluding hydrogens is 652 g/mol. The number of alkyl halides is 6. The van der Waals surface area contributed by atoms with Gasteiger partial charge in [0.2, 0.25) is 0 Å². The molecule has 0 spiro atoms. The molecule has 49 heavy (non-hydrogen) atoms. The lowest BCUT2D eigenvalue weighted by atomic mass is 9.83. The van der Waals surface area contributed by atoms with Crippen molar-refractivity contribution in [3.8, 4) is 5.75 Å². The molecule has 0 heterocycles. The molecule has 1 amide bonds. The average molecular weight is 692 g/mol. The number of amides is 1. The Hall–Kier alpha value is -4.81. The minimum absolute atomic E-state index is 0.194. The van der Waals surface area contributed by atoms with Gasteiger partial charge in [-0.15, -0.1) is 13.2 Å². The maximum absolute atomic E-state index is 13.8. The van der Waals surface area contributed by atoms with Crippen molar-refractivity contribution >= 4 is 23.8 Å². The van der Waals surface area contributed by atoms with Crippen LogP contribution in [0.5, 0.6) is 5.75 Å². The second-order valence-electron chi connectivity index (χ2n) is 12.5. The van der Waals surface area contributed by atoms with Gasteiger partial charge in [0.05, 0.1) is 17.2 Å². The van der Waals surface area contributed by atoms with Crippen LogP contribution in [0.4, 0.5) is 32.0 Å². The number of carbonyl (C=O) groups is 2. The second-order valence-corrected chi connectivity index (χ2v) is 12.5. The Morgan fingerprint density at radius 2 is 1.41 bits per heavy atom. The summed E-state index contributed by atoms with van der Waals surface area (Å²) in [7, 11) is 0. The van der Waals surface area contributed by atoms with Crippen molar-refractivity contribution in [2.24, 2.45) is 0 Å². The Morgan fingerprint density at radius 3 is 1.88 bits per heavy atom. The van der Waals surface area contributed by atoms with Gasteiger partial charge in [-0.2, -0.15) is 13.2 Å². The number of ether oxygens (including phenoxy) is 2. The summed E-state index contributed by atoms with van der Waals surface area (Å²) in [5, 5.41) is 12.7. The van der Waals surface area contributed by atoms with Crippen LogP contribution in [-0.4, -0.2) is 36.2 Å². The number of nitrogens with one attached hydrogen (secondary N) is 3. The van der Waals surface area contributed by atoms with Crippen LogP contribution < -0.4 is 15.4 Å². The van der Waals surface area contributed by atoms with E-state index in [1.165, 1.54) is 24.3 Å². The summed E-state index contributed by atoms with van der Waals surface area (Å²) < 4.78 is 87.4. The van der Waals surface area contributed by atoms with Crippen molar-refractivity contribution in [3.05, 3.63) is 106 Å². The topological polar surface area (TPSA) is 101 Å². The van der Waals surface area contributed by atoms with Crippen molar-refractivity contribution in [2.75, 3.05) is 5.32 Å². The van der Waals surface area contributed by atoms with Crippen LogP contribution in [0.2, 0.25) is 0 Å². The fourth-order valence-corrected chi connectivity index (χ4v) is 5.24. The largest absolute Gasteiger partial charge is 0.573 e. The number of anilines is 1. The molecule has 13 heteroatoms. The highest BCUT2D eigenvalue weighted by Gasteiger charge is 2.33. The summed E-state index contributed by atoms with van der Waals surface area (Å²) in [6, 6.07) is 14.1. The van der Waals surface area contributed by atoms with Gasteiger partial charge in [-0.05, 0) is 99.7 Å². The summed E-state index contributed by atoms with van der Waals surface area (Å²) in [4.78, 5) is 26.4. The Balaban J connectivity index is 2.02. The molecule has 264 valence electrons. The van der Waals surface area contributed by atoms with E-state index < -0.39 is 53.3 Å².